The van der Waals surface area contributed by atoms with Crippen LogP contribution < -0.4 is 0 Å². The Balaban J connectivity index is 2.32. The number of fused-ring (bicyclic) bond motifs is 1. The molecule has 1 atom stereocenters. The van der Waals surface area contributed by atoms with Crippen LogP contribution in [-0.4, -0.2) is 11.1 Å². The van der Waals surface area contributed by atoms with E-state index in [4.69, 9.17) is 5.11 Å². The Hall–Kier alpha value is -1.57. The highest BCUT2D eigenvalue weighted by Crippen LogP contribution is 2.32. The highest BCUT2D eigenvalue weighted by atomic mass is 16.4. The molecule has 1 aromatic carbocycles. The molecule has 1 unspecified atom stereocenters. The van der Waals surface area contributed by atoms with E-state index >= 15 is 0 Å². The maximum Gasteiger partial charge on any atom is 0.330 e. The van der Waals surface area contributed by atoms with E-state index in [1.807, 2.05) is 12.1 Å². The number of carboxylic acids is 1. The lowest BCUT2D eigenvalue weighted by Gasteiger charge is -2.23. The summed E-state index contributed by atoms with van der Waals surface area (Å²) in [6.07, 6.45) is 5.21. The maximum atomic E-state index is 10.8. The van der Waals surface area contributed by atoms with Crippen LogP contribution in [0, 0.1) is 0 Å². The van der Waals surface area contributed by atoms with Gasteiger partial charge in [0.2, 0.25) is 0 Å². The average molecular weight is 216 g/mol. The van der Waals surface area contributed by atoms with Gasteiger partial charge in [-0.05, 0) is 37.3 Å². The van der Waals surface area contributed by atoms with Gasteiger partial charge in [-0.2, -0.15) is 0 Å². The molecule has 0 aromatic heterocycles. The lowest BCUT2D eigenvalue weighted by atomic mass is 9.82. The molecule has 1 aliphatic carbocycles. The molecule has 1 aliphatic rings. The number of aliphatic carboxylic acids is 1. The molecule has 0 radical (unpaired) electrons. The zero-order valence-corrected chi connectivity index (χ0v) is 9.44. The normalized spacial score (nSPS) is 20.3. The molecule has 0 spiro atoms. The van der Waals surface area contributed by atoms with Crippen LogP contribution in [0.1, 0.15) is 36.8 Å². The van der Waals surface area contributed by atoms with Crippen LogP contribution in [0.5, 0.6) is 0 Å². The molecule has 0 saturated carbocycles. The summed E-state index contributed by atoms with van der Waals surface area (Å²) in [6.45, 7) is 1.67. The van der Waals surface area contributed by atoms with Crippen molar-refractivity contribution >= 4 is 5.97 Å². The van der Waals surface area contributed by atoms with Crippen LogP contribution in [0.25, 0.3) is 0 Å². The number of carbonyl (C=O) groups is 1. The molecule has 0 bridgehead atoms. The minimum absolute atomic E-state index is 0.279. The van der Waals surface area contributed by atoms with E-state index in [0.717, 1.165) is 19.3 Å². The quantitative estimate of drug-likeness (QED) is 0.771. The molecule has 0 saturated heterocycles. The molecule has 2 nitrogen and oxygen atoms in total. The van der Waals surface area contributed by atoms with Crippen molar-refractivity contribution in [1.82, 2.24) is 0 Å². The minimum Gasteiger partial charge on any atom is -0.478 e. The molecule has 0 heterocycles. The summed E-state index contributed by atoms with van der Waals surface area (Å²) in [5, 5.41) is 8.89. The molecule has 1 N–H and O–H groups in total. The summed E-state index contributed by atoms with van der Waals surface area (Å²) >= 11 is 0. The molecule has 2 rings (SSSR count). The summed E-state index contributed by atoms with van der Waals surface area (Å²) in [5.41, 5.74) is 3.12. The van der Waals surface area contributed by atoms with Crippen molar-refractivity contribution < 1.29 is 9.90 Å². The van der Waals surface area contributed by atoms with E-state index in [2.05, 4.69) is 18.2 Å². The lowest BCUT2D eigenvalue weighted by Crippen LogP contribution is -2.09. The third kappa shape index (κ3) is 2.16. The molecular formula is C14H16O2. The summed E-state index contributed by atoms with van der Waals surface area (Å²) in [4.78, 5) is 10.8. The molecule has 84 valence electrons. The fraction of sp³-hybridized carbons (Fsp3) is 0.357. The van der Waals surface area contributed by atoms with Gasteiger partial charge in [0, 0.05) is 11.5 Å². The van der Waals surface area contributed by atoms with Crippen molar-refractivity contribution in [2.75, 3.05) is 0 Å². The number of hydrogen-bond acceptors (Lipinski definition) is 1. The largest absolute Gasteiger partial charge is 0.478 e. The number of rotatable bonds is 2. The van der Waals surface area contributed by atoms with Gasteiger partial charge in [0.1, 0.15) is 0 Å². The van der Waals surface area contributed by atoms with Crippen molar-refractivity contribution in [2.24, 2.45) is 0 Å². The van der Waals surface area contributed by atoms with Crippen molar-refractivity contribution in [3.05, 3.63) is 47.0 Å². The number of aryl methyl sites for hydroxylation is 1. The van der Waals surface area contributed by atoms with E-state index in [1.165, 1.54) is 11.1 Å². The zero-order chi connectivity index (χ0) is 11.5. The van der Waals surface area contributed by atoms with E-state index in [-0.39, 0.29) is 5.92 Å². The van der Waals surface area contributed by atoms with Gasteiger partial charge in [-0.1, -0.05) is 30.3 Å². The summed E-state index contributed by atoms with van der Waals surface area (Å²) in [5.74, 6) is -0.538. The molecule has 0 fully saturated rings. The summed E-state index contributed by atoms with van der Waals surface area (Å²) in [6, 6.07) is 8.34. The smallest absolute Gasteiger partial charge is 0.330 e. The minimum atomic E-state index is -0.817. The first-order valence-corrected chi connectivity index (χ1v) is 5.68. The average Bonchev–Trinajstić information content (AvgIpc) is 2.29. The van der Waals surface area contributed by atoms with Crippen molar-refractivity contribution in [3.8, 4) is 0 Å². The summed E-state index contributed by atoms with van der Waals surface area (Å²) in [7, 11) is 0. The Morgan fingerprint density at radius 2 is 2.19 bits per heavy atom. The monoisotopic (exact) mass is 216 g/mol. The van der Waals surface area contributed by atoms with Crippen LogP contribution in [0.3, 0.4) is 0 Å². The second-order valence-corrected chi connectivity index (χ2v) is 4.35. The van der Waals surface area contributed by atoms with Crippen LogP contribution in [0.2, 0.25) is 0 Å². The van der Waals surface area contributed by atoms with Crippen LogP contribution in [0.15, 0.2) is 35.9 Å². The van der Waals surface area contributed by atoms with Crippen LogP contribution in [0.4, 0.5) is 0 Å². The Morgan fingerprint density at radius 3 is 2.94 bits per heavy atom. The standard InChI is InChI=1S/C14H16O2/c1-10(14(15)16)9-12-7-4-6-11-5-2-3-8-13(11)12/h2-3,5,8-9,12H,4,6-7H2,1H3,(H,15,16). The van der Waals surface area contributed by atoms with E-state index in [9.17, 15) is 4.79 Å². The SMILES string of the molecule is CC(=CC1CCCc2ccccc21)C(=O)O. The number of benzene rings is 1. The van der Waals surface area contributed by atoms with Crippen molar-refractivity contribution in [1.29, 1.82) is 0 Å². The predicted octanol–water partition coefficient (Wildman–Crippen LogP) is 3.14. The molecule has 0 amide bonds. The molecule has 16 heavy (non-hydrogen) atoms. The Morgan fingerprint density at radius 1 is 1.44 bits per heavy atom. The van der Waals surface area contributed by atoms with E-state index in [1.54, 1.807) is 6.92 Å². The number of carboxylic acid groups (broad SMARTS) is 1. The number of hydrogen-bond donors (Lipinski definition) is 1. The fourth-order valence-corrected chi connectivity index (χ4v) is 2.34. The van der Waals surface area contributed by atoms with E-state index < -0.39 is 5.97 Å². The second kappa shape index (κ2) is 4.52. The van der Waals surface area contributed by atoms with E-state index in [0.29, 0.717) is 5.57 Å². The third-order valence-corrected chi connectivity index (χ3v) is 3.20. The highest BCUT2D eigenvalue weighted by Gasteiger charge is 2.18. The van der Waals surface area contributed by atoms with Crippen molar-refractivity contribution in [2.45, 2.75) is 32.1 Å². The third-order valence-electron chi connectivity index (χ3n) is 3.20. The van der Waals surface area contributed by atoms with Crippen molar-refractivity contribution in [3.63, 3.8) is 0 Å². The van der Waals surface area contributed by atoms with Gasteiger partial charge < -0.3 is 5.11 Å². The zero-order valence-electron chi connectivity index (χ0n) is 9.44. The first kappa shape index (κ1) is 10.9. The molecule has 1 aromatic rings. The molecular weight excluding hydrogens is 200 g/mol. The topological polar surface area (TPSA) is 37.3 Å². The van der Waals surface area contributed by atoms with Gasteiger partial charge in [0.05, 0.1) is 0 Å². The highest BCUT2D eigenvalue weighted by molar-refractivity contribution is 5.86. The number of allylic oxidation sites excluding steroid dienone is 1. The summed E-state index contributed by atoms with van der Waals surface area (Å²) < 4.78 is 0. The van der Waals surface area contributed by atoms with Gasteiger partial charge >= 0.3 is 5.97 Å². The van der Waals surface area contributed by atoms with Gasteiger partial charge in [-0.25, -0.2) is 4.79 Å². The molecule has 2 heteroatoms. The molecule has 0 aliphatic heterocycles. The van der Waals surface area contributed by atoms with Gasteiger partial charge in [-0.15, -0.1) is 0 Å². The van der Waals surface area contributed by atoms with Gasteiger partial charge in [-0.3, -0.25) is 0 Å². The van der Waals surface area contributed by atoms with Crippen LogP contribution in [-0.2, 0) is 11.2 Å². The Labute approximate surface area is 95.6 Å². The fourth-order valence-electron chi connectivity index (χ4n) is 2.34. The first-order chi connectivity index (χ1) is 7.68. The maximum absolute atomic E-state index is 10.8. The predicted molar refractivity (Wildman–Crippen MR) is 63.5 cm³/mol. The van der Waals surface area contributed by atoms with Crippen LogP contribution >= 0.6 is 0 Å². The Bertz CT molecular complexity index is 432. The Kier molecular flexibility index (Phi) is 3.09. The van der Waals surface area contributed by atoms with Gasteiger partial charge in [0.15, 0.2) is 0 Å². The lowest BCUT2D eigenvalue weighted by molar-refractivity contribution is -0.132. The van der Waals surface area contributed by atoms with Gasteiger partial charge in [0.25, 0.3) is 0 Å². The second-order valence-electron chi connectivity index (χ2n) is 4.35. The first-order valence-electron chi connectivity index (χ1n) is 5.68.